The molecule has 0 amide bonds. The Kier molecular flexibility index (Phi) is 2.75. The van der Waals surface area contributed by atoms with E-state index in [1.165, 1.54) is 0 Å². The van der Waals surface area contributed by atoms with Crippen molar-refractivity contribution < 1.29 is 8.42 Å². The van der Waals surface area contributed by atoms with Crippen LogP contribution < -0.4 is 5.32 Å². The van der Waals surface area contributed by atoms with E-state index < -0.39 is 9.84 Å². The summed E-state index contributed by atoms with van der Waals surface area (Å²) >= 11 is 5.85. The topological polar surface area (TPSA) is 46.2 Å². The Hall–Kier alpha value is -0.580. The third kappa shape index (κ3) is 1.89. The highest BCUT2D eigenvalue weighted by atomic mass is 35.5. The summed E-state index contributed by atoms with van der Waals surface area (Å²) in [6, 6.07) is 4.84. The van der Waals surface area contributed by atoms with Gasteiger partial charge in [-0.2, -0.15) is 0 Å². The van der Waals surface area contributed by atoms with Crippen LogP contribution in [0.4, 0.5) is 0 Å². The molecule has 1 aromatic carbocycles. The molecule has 1 N–H and O–H groups in total. The SMILES string of the molecule is Cc1cc(S(=O)(=O)C2CNC2)ccc1Cl. The first-order chi connectivity index (χ1) is 7.01. The maximum atomic E-state index is 12.0. The summed E-state index contributed by atoms with van der Waals surface area (Å²) < 4.78 is 24.0. The quantitative estimate of drug-likeness (QED) is 0.857. The van der Waals surface area contributed by atoms with Gasteiger partial charge < -0.3 is 5.32 Å². The summed E-state index contributed by atoms with van der Waals surface area (Å²) in [6.07, 6.45) is 0. The van der Waals surface area contributed by atoms with Crippen LogP contribution in [-0.2, 0) is 9.84 Å². The fourth-order valence-corrected chi connectivity index (χ4v) is 3.24. The minimum absolute atomic E-state index is 0.280. The minimum Gasteiger partial charge on any atom is -0.314 e. The molecule has 0 aromatic heterocycles. The van der Waals surface area contributed by atoms with Crippen molar-refractivity contribution in [1.29, 1.82) is 0 Å². The van der Waals surface area contributed by atoms with Crippen LogP contribution in [0.5, 0.6) is 0 Å². The van der Waals surface area contributed by atoms with Crippen LogP contribution in [0, 0.1) is 6.92 Å². The molecule has 0 saturated carbocycles. The molecule has 0 atom stereocenters. The molecule has 0 bridgehead atoms. The normalized spacial score (nSPS) is 17.5. The second kappa shape index (κ2) is 3.77. The molecular formula is C10H12ClNO2S. The van der Waals surface area contributed by atoms with Crippen molar-refractivity contribution in [3.8, 4) is 0 Å². The van der Waals surface area contributed by atoms with Crippen LogP contribution in [0.1, 0.15) is 5.56 Å². The van der Waals surface area contributed by atoms with Gasteiger partial charge in [0.1, 0.15) is 0 Å². The Morgan fingerprint density at radius 3 is 2.53 bits per heavy atom. The lowest BCUT2D eigenvalue weighted by Crippen LogP contribution is -2.51. The molecule has 0 radical (unpaired) electrons. The second-order valence-electron chi connectivity index (χ2n) is 3.74. The van der Waals surface area contributed by atoms with Gasteiger partial charge in [-0.25, -0.2) is 8.42 Å². The lowest BCUT2D eigenvalue weighted by atomic mass is 10.2. The third-order valence-corrected chi connectivity index (χ3v) is 5.19. The van der Waals surface area contributed by atoms with Gasteiger partial charge in [-0.3, -0.25) is 0 Å². The zero-order valence-corrected chi connectivity index (χ0v) is 9.90. The van der Waals surface area contributed by atoms with Gasteiger partial charge >= 0.3 is 0 Å². The molecule has 82 valence electrons. The van der Waals surface area contributed by atoms with Gasteiger partial charge in [0.15, 0.2) is 9.84 Å². The lowest BCUT2D eigenvalue weighted by Gasteiger charge is -2.26. The number of nitrogens with one attached hydrogen (secondary N) is 1. The van der Waals surface area contributed by atoms with E-state index in [2.05, 4.69) is 5.32 Å². The van der Waals surface area contributed by atoms with Crippen LogP contribution in [0.15, 0.2) is 23.1 Å². The molecule has 1 aromatic rings. The summed E-state index contributed by atoms with van der Waals surface area (Å²) in [5.41, 5.74) is 0.796. The highest BCUT2D eigenvalue weighted by molar-refractivity contribution is 7.92. The van der Waals surface area contributed by atoms with E-state index in [-0.39, 0.29) is 5.25 Å². The van der Waals surface area contributed by atoms with E-state index >= 15 is 0 Å². The van der Waals surface area contributed by atoms with Crippen molar-refractivity contribution in [3.63, 3.8) is 0 Å². The number of hydrogen-bond acceptors (Lipinski definition) is 3. The standard InChI is InChI=1S/C10H12ClNO2S/c1-7-4-8(2-3-10(7)11)15(13,14)9-5-12-6-9/h2-4,9,12H,5-6H2,1H3. The van der Waals surface area contributed by atoms with Crippen molar-refractivity contribution in [2.24, 2.45) is 0 Å². The molecule has 3 nitrogen and oxygen atoms in total. The Bertz CT molecular complexity index is 480. The first kappa shape index (κ1) is 10.9. The van der Waals surface area contributed by atoms with Crippen molar-refractivity contribution in [1.82, 2.24) is 5.32 Å². The molecule has 5 heteroatoms. The highest BCUT2D eigenvalue weighted by Crippen LogP contribution is 2.23. The molecule has 15 heavy (non-hydrogen) atoms. The van der Waals surface area contributed by atoms with E-state index in [1.54, 1.807) is 25.1 Å². The van der Waals surface area contributed by atoms with Crippen LogP contribution in [-0.4, -0.2) is 26.8 Å². The van der Waals surface area contributed by atoms with Crippen LogP contribution >= 0.6 is 11.6 Å². The number of rotatable bonds is 2. The largest absolute Gasteiger partial charge is 0.314 e. The van der Waals surface area contributed by atoms with E-state index in [0.717, 1.165) is 5.56 Å². The van der Waals surface area contributed by atoms with Crippen molar-refractivity contribution in [3.05, 3.63) is 28.8 Å². The van der Waals surface area contributed by atoms with E-state index in [1.807, 2.05) is 0 Å². The highest BCUT2D eigenvalue weighted by Gasteiger charge is 2.32. The van der Waals surface area contributed by atoms with Gasteiger partial charge in [-0.1, -0.05) is 11.6 Å². The van der Waals surface area contributed by atoms with Crippen LogP contribution in [0.3, 0.4) is 0 Å². The monoisotopic (exact) mass is 245 g/mol. The maximum absolute atomic E-state index is 12.0. The number of aryl methyl sites for hydroxylation is 1. The molecule has 1 fully saturated rings. The van der Waals surface area contributed by atoms with Crippen molar-refractivity contribution in [2.75, 3.05) is 13.1 Å². The maximum Gasteiger partial charge on any atom is 0.183 e. The van der Waals surface area contributed by atoms with Gasteiger partial charge in [0.2, 0.25) is 0 Å². The number of halogens is 1. The molecule has 1 saturated heterocycles. The average molecular weight is 246 g/mol. The Morgan fingerprint density at radius 1 is 1.40 bits per heavy atom. The predicted molar refractivity (Wildman–Crippen MR) is 60.0 cm³/mol. The van der Waals surface area contributed by atoms with Gasteiger partial charge in [0, 0.05) is 18.1 Å². The smallest absolute Gasteiger partial charge is 0.183 e. The summed E-state index contributed by atoms with van der Waals surface area (Å²) in [4.78, 5) is 0.371. The molecule has 1 aliphatic heterocycles. The zero-order valence-electron chi connectivity index (χ0n) is 8.33. The van der Waals surface area contributed by atoms with Crippen LogP contribution in [0.2, 0.25) is 5.02 Å². The summed E-state index contributed by atoms with van der Waals surface area (Å²) in [5, 5.41) is 3.28. The van der Waals surface area contributed by atoms with Crippen molar-refractivity contribution >= 4 is 21.4 Å². The second-order valence-corrected chi connectivity index (χ2v) is 6.37. The molecule has 1 aliphatic rings. The fourth-order valence-electron chi connectivity index (χ4n) is 1.47. The van der Waals surface area contributed by atoms with Crippen molar-refractivity contribution in [2.45, 2.75) is 17.1 Å². The van der Waals surface area contributed by atoms with E-state index in [4.69, 9.17) is 11.6 Å². The number of sulfone groups is 1. The average Bonchev–Trinajstić information content (AvgIpc) is 2.05. The third-order valence-electron chi connectivity index (χ3n) is 2.64. The Labute approximate surface area is 94.4 Å². The Morgan fingerprint density at radius 2 is 2.07 bits per heavy atom. The van der Waals surface area contributed by atoms with E-state index in [9.17, 15) is 8.42 Å². The first-order valence-electron chi connectivity index (χ1n) is 4.72. The number of benzene rings is 1. The molecule has 2 rings (SSSR count). The molecule has 0 spiro atoms. The van der Waals surface area contributed by atoms with Gasteiger partial charge in [0.05, 0.1) is 10.1 Å². The van der Waals surface area contributed by atoms with Gasteiger partial charge in [-0.15, -0.1) is 0 Å². The molecule has 0 aliphatic carbocycles. The van der Waals surface area contributed by atoms with E-state index in [0.29, 0.717) is 23.0 Å². The van der Waals surface area contributed by atoms with Gasteiger partial charge in [-0.05, 0) is 30.7 Å². The predicted octanol–water partition coefficient (Wildman–Crippen LogP) is 1.39. The van der Waals surface area contributed by atoms with Crippen LogP contribution in [0.25, 0.3) is 0 Å². The summed E-state index contributed by atoms with van der Waals surface area (Å²) in [6.45, 7) is 2.90. The van der Waals surface area contributed by atoms with Gasteiger partial charge in [0.25, 0.3) is 0 Å². The molecule has 1 heterocycles. The molecular weight excluding hydrogens is 234 g/mol. The minimum atomic E-state index is -3.16. The fraction of sp³-hybridized carbons (Fsp3) is 0.400. The number of hydrogen-bond donors (Lipinski definition) is 1. The Balaban J connectivity index is 2.40. The molecule has 0 unspecified atom stereocenters. The first-order valence-corrected chi connectivity index (χ1v) is 6.65. The zero-order chi connectivity index (χ0) is 11.1. The lowest BCUT2D eigenvalue weighted by molar-refractivity contribution is 0.495. The summed E-state index contributed by atoms with van der Waals surface area (Å²) in [5.74, 6) is 0. The summed E-state index contributed by atoms with van der Waals surface area (Å²) in [7, 11) is -3.16.